The molecule has 3 rings (SSSR count). The van der Waals surface area contributed by atoms with E-state index in [2.05, 4.69) is 51.7 Å². The number of hydrogen-bond donors (Lipinski definition) is 1. The predicted octanol–water partition coefficient (Wildman–Crippen LogP) is 2.24. The molecular weight excluding hydrogens is 262 g/mol. The molecule has 1 fully saturated rings. The van der Waals surface area contributed by atoms with E-state index in [4.69, 9.17) is 0 Å². The van der Waals surface area contributed by atoms with Gasteiger partial charge < -0.3 is 14.8 Å². The Morgan fingerprint density at radius 3 is 2.76 bits per heavy atom. The predicted molar refractivity (Wildman–Crippen MR) is 85.1 cm³/mol. The van der Waals surface area contributed by atoms with Gasteiger partial charge in [0.2, 0.25) is 0 Å². The van der Waals surface area contributed by atoms with E-state index in [1.807, 2.05) is 11.6 Å². The molecule has 5 heteroatoms. The molecule has 2 heterocycles. The maximum atomic E-state index is 4.17. The summed E-state index contributed by atoms with van der Waals surface area (Å²) in [5.74, 6) is 1.68. The topological polar surface area (TPSA) is 46.0 Å². The van der Waals surface area contributed by atoms with Crippen LogP contribution in [0.1, 0.15) is 12.8 Å². The second-order valence-corrected chi connectivity index (χ2v) is 5.97. The van der Waals surface area contributed by atoms with E-state index in [1.54, 1.807) is 6.33 Å². The lowest BCUT2D eigenvalue weighted by atomic mass is 9.97. The van der Waals surface area contributed by atoms with Crippen LogP contribution in [0.25, 0.3) is 11.4 Å². The Kier molecular flexibility index (Phi) is 4.20. The molecule has 2 aromatic rings. The van der Waals surface area contributed by atoms with E-state index in [1.165, 1.54) is 25.9 Å². The molecule has 1 aromatic carbocycles. The molecule has 1 aliphatic heterocycles. The van der Waals surface area contributed by atoms with Crippen molar-refractivity contribution >= 4 is 5.69 Å². The highest BCUT2D eigenvalue weighted by molar-refractivity contribution is 5.62. The van der Waals surface area contributed by atoms with Crippen LogP contribution in [0.4, 0.5) is 5.69 Å². The fourth-order valence-electron chi connectivity index (χ4n) is 2.84. The van der Waals surface area contributed by atoms with Gasteiger partial charge in [0.25, 0.3) is 0 Å². The highest BCUT2D eigenvalue weighted by Crippen LogP contribution is 2.21. The first kappa shape index (κ1) is 14.1. The van der Waals surface area contributed by atoms with Gasteiger partial charge in [-0.3, -0.25) is 0 Å². The maximum absolute atomic E-state index is 4.17. The van der Waals surface area contributed by atoms with E-state index >= 15 is 0 Å². The summed E-state index contributed by atoms with van der Waals surface area (Å²) < 4.78 is 1.94. The smallest absolute Gasteiger partial charge is 0.163 e. The molecule has 112 valence electrons. The molecule has 1 N–H and O–H groups in total. The zero-order chi connectivity index (χ0) is 14.7. The van der Waals surface area contributed by atoms with Gasteiger partial charge >= 0.3 is 0 Å². The van der Waals surface area contributed by atoms with Crippen molar-refractivity contribution in [1.29, 1.82) is 0 Å². The van der Waals surface area contributed by atoms with Crippen LogP contribution in [0.3, 0.4) is 0 Å². The largest absolute Gasteiger partial charge is 0.385 e. The van der Waals surface area contributed by atoms with Crippen LogP contribution in [0.2, 0.25) is 0 Å². The summed E-state index contributed by atoms with van der Waals surface area (Å²) in [5, 5.41) is 11.7. The van der Waals surface area contributed by atoms with Crippen molar-refractivity contribution in [2.24, 2.45) is 13.0 Å². The maximum Gasteiger partial charge on any atom is 0.163 e. The van der Waals surface area contributed by atoms with Crippen molar-refractivity contribution in [2.75, 3.05) is 32.0 Å². The third kappa shape index (κ3) is 3.42. The Hall–Kier alpha value is -1.88. The van der Waals surface area contributed by atoms with Gasteiger partial charge in [0.15, 0.2) is 5.82 Å². The standard InChI is InChI=1S/C16H23N5/c1-20-8-6-13(7-9-20)11-17-15-5-3-4-14(10-15)16-19-18-12-21(16)2/h3-5,10,12-13,17H,6-9,11H2,1-2H3. The molecule has 0 bridgehead atoms. The lowest BCUT2D eigenvalue weighted by Crippen LogP contribution is -2.32. The Morgan fingerprint density at radius 1 is 1.24 bits per heavy atom. The molecule has 21 heavy (non-hydrogen) atoms. The van der Waals surface area contributed by atoms with Crippen LogP contribution in [0.15, 0.2) is 30.6 Å². The van der Waals surface area contributed by atoms with Crippen molar-refractivity contribution in [3.8, 4) is 11.4 Å². The number of aromatic nitrogens is 3. The van der Waals surface area contributed by atoms with Crippen molar-refractivity contribution < 1.29 is 0 Å². The number of aryl methyl sites for hydroxylation is 1. The minimum Gasteiger partial charge on any atom is -0.385 e. The fourth-order valence-corrected chi connectivity index (χ4v) is 2.84. The third-order valence-corrected chi connectivity index (χ3v) is 4.27. The molecular formula is C16H23N5. The molecule has 0 radical (unpaired) electrons. The first-order valence-corrected chi connectivity index (χ1v) is 7.59. The van der Waals surface area contributed by atoms with E-state index in [0.29, 0.717) is 0 Å². The number of hydrogen-bond acceptors (Lipinski definition) is 4. The van der Waals surface area contributed by atoms with Gasteiger partial charge in [0.1, 0.15) is 6.33 Å². The Labute approximate surface area is 126 Å². The molecule has 0 aliphatic carbocycles. The van der Waals surface area contributed by atoms with Gasteiger partial charge in [-0.2, -0.15) is 0 Å². The number of piperidine rings is 1. The highest BCUT2D eigenvalue weighted by atomic mass is 15.2. The van der Waals surface area contributed by atoms with Gasteiger partial charge in [-0.15, -0.1) is 10.2 Å². The van der Waals surface area contributed by atoms with E-state index in [0.717, 1.165) is 29.5 Å². The van der Waals surface area contributed by atoms with Crippen molar-refractivity contribution in [3.05, 3.63) is 30.6 Å². The molecule has 0 saturated carbocycles. The van der Waals surface area contributed by atoms with Crippen LogP contribution in [0, 0.1) is 5.92 Å². The number of likely N-dealkylation sites (tertiary alicyclic amines) is 1. The summed E-state index contributed by atoms with van der Waals surface area (Å²) in [5.41, 5.74) is 2.26. The summed E-state index contributed by atoms with van der Waals surface area (Å²) in [6.07, 6.45) is 4.30. The van der Waals surface area contributed by atoms with Gasteiger partial charge in [-0.1, -0.05) is 12.1 Å². The number of anilines is 1. The SMILES string of the molecule is CN1CCC(CNc2cccc(-c3nncn3C)c2)CC1. The summed E-state index contributed by atoms with van der Waals surface area (Å²) in [4.78, 5) is 2.41. The number of rotatable bonds is 4. The lowest BCUT2D eigenvalue weighted by Gasteiger charge is -2.29. The summed E-state index contributed by atoms with van der Waals surface area (Å²) >= 11 is 0. The molecule has 1 aliphatic rings. The minimum absolute atomic E-state index is 0.777. The van der Waals surface area contributed by atoms with Crippen LogP contribution < -0.4 is 5.32 Å². The normalized spacial score (nSPS) is 17.0. The summed E-state index contributed by atoms with van der Waals surface area (Å²) in [6.45, 7) is 3.48. The average molecular weight is 285 g/mol. The number of nitrogens with zero attached hydrogens (tertiary/aromatic N) is 4. The minimum atomic E-state index is 0.777. The van der Waals surface area contributed by atoms with Crippen LogP contribution in [0.5, 0.6) is 0 Å². The molecule has 1 aromatic heterocycles. The number of benzene rings is 1. The van der Waals surface area contributed by atoms with Crippen molar-refractivity contribution in [1.82, 2.24) is 19.7 Å². The Balaban J connectivity index is 1.63. The zero-order valence-electron chi connectivity index (χ0n) is 12.8. The number of nitrogens with one attached hydrogen (secondary N) is 1. The molecule has 0 spiro atoms. The second-order valence-electron chi connectivity index (χ2n) is 5.97. The van der Waals surface area contributed by atoms with E-state index in [-0.39, 0.29) is 0 Å². The van der Waals surface area contributed by atoms with Crippen molar-refractivity contribution in [2.45, 2.75) is 12.8 Å². The van der Waals surface area contributed by atoms with Crippen LogP contribution >= 0.6 is 0 Å². The molecule has 0 unspecified atom stereocenters. The zero-order valence-corrected chi connectivity index (χ0v) is 12.8. The summed E-state index contributed by atoms with van der Waals surface area (Å²) in [7, 11) is 4.17. The molecule has 0 amide bonds. The van der Waals surface area contributed by atoms with Gasteiger partial charge in [-0.05, 0) is 51.0 Å². The van der Waals surface area contributed by atoms with Gasteiger partial charge in [-0.25, -0.2) is 0 Å². The van der Waals surface area contributed by atoms with Crippen molar-refractivity contribution in [3.63, 3.8) is 0 Å². The highest BCUT2D eigenvalue weighted by Gasteiger charge is 2.16. The molecule has 5 nitrogen and oxygen atoms in total. The first-order valence-electron chi connectivity index (χ1n) is 7.59. The Bertz CT molecular complexity index is 584. The van der Waals surface area contributed by atoms with Crippen LogP contribution in [-0.4, -0.2) is 46.3 Å². The van der Waals surface area contributed by atoms with Crippen LogP contribution in [-0.2, 0) is 7.05 Å². The monoisotopic (exact) mass is 285 g/mol. The summed E-state index contributed by atoms with van der Waals surface area (Å²) in [6, 6.07) is 8.42. The molecule has 0 atom stereocenters. The average Bonchev–Trinajstić information content (AvgIpc) is 2.93. The van der Waals surface area contributed by atoms with E-state index in [9.17, 15) is 0 Å². The quantitative estimate of drug-likeness (QED) is 0.936. The Morgan fingerprint density at radius 2 is 2.05 bits per heavy atom. The second kappa shape index (κ2) is 6.26. The fraction of sp³-hybridized carbons (Fsp3) is 0.500. The molecule has 1 saturated heterocycles. The van der Waals surface area contributed by atoms with Gasteiger partial charge in [0.05, 0.1) is 0 Å². The first-order chi connectivity index (χ1) is 10.2. The van der Waals surface area contributed by atoms with E-state index < -0.39 is 0 Å². The lowest BCUT2D eigenvalue weighted by molar-refractivity contribution is 0.226. The third-order valence-electron chi connectivity index (χ3n) is 4.27. The van der Waals surface area contributed by atoms with Gasteiger partial charge in [0, 0.05) is 24.8 Å².